The van der Waals surface area contributed by atoms with Gasteiger partial charge in [-0.1, -0.05) is 29.8 Å². The summed E-state index contributed by atoms with van der Waals surface area (Å²) in [6.45, 7) is 7.81. The monoisotopic (exact) mass is 463 g/mol. The number of rotatable bonds is 6. The molecule has 0 spiro atoms. The summed E-state index contributed by atoms with van der Waals surface area (Å²) in [6, 6.07) is 12.9. The van der Waals surface area contributed by atoms with Crippen LogP contribution in [0, 0.1) is 13.8 Å². The molecular formula is C27H33N3O4. The number of aliphatic hydroxyl groups is 1. The van der Waals surface area contributed by atoms with Crippen LogP contribution in [0.5, 0.6) is 0 Å². The predicted octanol–water partition coefficient (Wildman–Crippen LogP) is 3.12. The van der Waals surface area contributed by atoms with Crippen molar-refractivity contribution in [2.24, 2.45) is 0 Å². The maximum atomic E-state index is 13.3. The van der Waals surface area contributed by atoms with Crippen molar-refractivity contribution in [3.05, 3.63) is 70.3 Å². The van der Waals surface area contributed by atoms with Gasteiger partial charge in [-0.3, -0.25) is 14.5 Å². The van der Waals surface area contributed by atoms with E-state index in [1.165, 1.54) is 0 Å². The molecule has 0 aromatic heterocycles. The van der Waals surface area contributed by atoms with E-state index < -0.39 is 17.7 Å². The van der Waals surface area contributed by atoms with Gasteiger partial charge in [0.25, 0.3) is 11.7 Å². The third-order valence-electron chi connectivity index (χ3n) is 6.67. The van der Waals surface area contributed by atoms with Crippen molar-refractivity contribution in [3.63, 3.8) is 0 Å². The fraction of sp³-hybridized carbons (Fsp3) is 0.407. The summed E-state index contributed by atoms with van der Waals surface area (Å²) >= 11 is 0. The Hall–Kier alpha value is -3.16. The van der Waals surface area contributed by atoms with Crippen molar-refractivity contribution in [2.75, 3.05) is 58.4 Å². The van der Waals surface area contributed by atoms with E-state index in [-0.39, 0.29) is 11.3 Å². The van der Waals surface area contributed by atoms with Gasteiger partial charge < -0.3 is 19.6 Å². The van der Waals surface area contributed by atoms with Gasteiger partial charge in [0.1, 0.15) is 5.76 Å². The number of hydrogen-bond acceptors (Lipinski definition) is 6. The smallest absolute Gasteiger partial charge is 0.295 e. The summed E-state index contributed by atoms with van der Waals surface area (Å²) in [4.78, 5) is 32.3. The van der Waals surface area contributed by atoms with Crippen LogP contribution < -0.4 is 4.90 Å². The minimum absolute atomic E-state index is 0.116. The minimum atomic E-state index is -0.642. The highest BCUT2D eigenvalue weighted by Crippen LogP contribution is 2.40. The van der Waals surface area contributed by atoms with Gasteiger partial charge in [-0.2, -0.15) is 0 Å². The number of benzene rings is 2. The number of ketones is 1. The summed E-state index contributed by atoms with van der Waals surface area (Å²) < 4.78 is 5.43. The number of aliphatic hydroxyl groups excluding tert-OH is 1. The number of likely N-dealkylation sites (tertiary alicyclic amines) is 1. The third-order valence-corrected chi connectivity index (χ3v) is 6.67. The van der Waals surface area contributed by atoms with Gasteiger partial charge in [0.05, 0.1) is 24.8 Å². The zero-order valence-corrected chi connectivity index (χ0v) is 20.4. The molecule has 2 aromatic rings. The molecule has 2 saturated heterocycles. The van der Waals surface area contributed by atoms with Crippen LogP contribution in [0.1, 0.15) is 28.3 Å². The third kappa shape index (κ3) is 4.72. The van der Waals surface area contributed by atoms with Crippen LogP contribution in [0.2, 0.25) is 0 Å². The molecule has 180 valence electrons. The summed E-state index contributed by atoms with van der Waals surface area (Å²) in [7, 11) is 3.92. The van der Waals surface area contributed by atoms with Gasteiger partial charge in [0.2, 0.25) is 0 Å². The molecule has 2 heterocycles. The first-order chi connectivity index (χ1) is 16.3. The van der Waals surface area contributed by atoms with Crippen molar-refractivity contribution in [2.45, 2.75) is 19.9 Å². The Labute approximate surface area is 201 Å². The van der Waals surface area contributed by atoms with Crippen molar-refractivity contribution in [1.82, 2.24) is 9.80 Å². The molecule has 1 unspecified atom stereocenters. The summed E-state index contributed by atoms with van der Waals surface area (Å²) in [5.74, 6) is -1.32. The zero-order chi connectivity index (χ0) is 24.4. The van der Waals surface area contributed by atoms with Crippen LogP contribution in [0.4, 0.5) is 5.69 Å². The molecule has 2 aromatic carbocycles. The lowest BCUT2D eigenvalue weighted by molar-refractivity contribution is -0.140. The van der Waals surface area contributed by atoms with E-state index in [0.29, 0.717) is 31.9 Å². The van der Waals surface area contributed by atoms with Gasteiger partial charge in [-0.15, -0.1) is 0 Å². The fourth-order valence-corrected chi connectivity index (χ4v) is 4.62. The molecule has 2 fully saturated rings. The van der Waals surface area contributed by atoms with Crippen LogP contribution in [0.15, 0.2) is 48.0 Å². The number of carbonyl (C=O) groups is 2. The highest BCUT2D eigenvalue weighted by Gasteiger charge is 2.46. The van der Waals surface area contributed by atoms with E-state index in [1.807, 2.05) is 75.3 Å². The number of anilines is 1. The predicted molar refractivity (Wildman–Crippen MR) is 133 cm³/mol. The van der Waals surface area contributed by atoms with E-state index >= 15 is 0 Å². The highest BCUT2D eigenvalue weighted by atomic mass is 16.5. The van der Waals surface area contributed by atoms with Crippen LogP contribution in [0.25, 0.3) is 5.76 Å². The maximum absolute atomic E-state index is 13.3. The topological polar surface area (TPSA) is 73.3 Å². The van der Waals surface area contributed by atoms with E-state index in [1.54, 1.807) is 4.90 Å². The first-order valence-corrected chi connectivity index (χ1v) is 11.7. The number of ether oxygens (including phenoxy) is 1. The number of Topliss-reactive ketones (excluding diaryl/α,β-unsaturated/α-hetero) is 1. The Balaban J connectivity index is 1.77. The largest absolute Gasteiger partial charge is 0.507 e. The number of nitrogens with zero attached hydrogens (tertiary/aromatic N) is 3. The molecule has 0 bridgehead atoms. The summed E-state index contributed by atoms with van der Waals surface area (Å²) in [6.07, 6.45) is 0. The normalized spacial score (nSPS) is 20.7. The number of aryl methyl sites for hydroxylation is 2. The number of morpholine rings is 1. The molecule has 1 atom stereocenters. The van der Waals surface area contributed by atoms with Crippen LogP contribution in [-0.2, 0) is 14.3 Å². The molecule has 4 rings (SSSR count). The molecule has 1 N–H and O–H groups in total. The van der Waals surface area contributed by atoms with Gasteiger partial charge >= 0.3 is 0 Å². The van der Waals surface area contributed by atoms with Crippen molar-refractivity contribution in [3.8, 4) is 0 Å². The molecular weight excluding hydrogens is 430 g/mol. The van der Waals surface area contributed by atoms with E-state index in [9.17, 15) is 14.7 Å². The second-order valence-corrected chi connectivity index (χ2v) is 9.25. The van der Waals surface area contributed by atoms with Gasteiger partial charge in [-0.05, 0) is 43.2 Å². The van der Waals surface area contributed by atoms with Crippen molar-refractivity contribution in [1.29, 1.82) is 0 Å². The molecule has 0 aliphatic carbocycles. The van der Waals surface area contributed by atoms with Gasteiger partial charge in [0, 0.05) is 51.5 Å². The molecule has 34 heavy (non-hydrogen) atoms. The molecule has 7 heteroatoms. The number of carbonyl (C=O) groups excluding carboxylic acids is 2. The van der Waals surface area contributed by atoms with Crippen LogP contribution >= 0.6 is 0 Å². The number of hydrogen-bond donors (Lipinski definition) is 1. The lowest BCUT2D eigenvalue weighted by Gasteiger charge is -2.31. The van der Waals surface area contributed by atoms with Crippen LogP contribution in [-0.4, -0.2) is 80.1 Å². The minimum Gasteiger partial charge on any atom is -0.507 e. The van der Waals surface area contributed by atoms with E-state index in [0.717, 1.165) is 35.5 Å². The molecule has 7 nitrogen and oxygen atoms in total. The first-order valence-electron chi connectivity index (χ1n) is 11.7. The summed E-state index contributed by atoms with van der Waals surface area (Å²) in [5, 5.41) is 11.4. The van der Waals surface area contributed by atoms with Crippen LogP contribution in [0.3, 0.4) is 0 Å². The van der Waals surface area contributed by atoms with Crippen molar-refractivity contribution >= 4 is 23.1 Å². The van der Waals surface area contributed by atoms with E-state index in [4.69, 9.17) is 4.74 Å². The molecule has 2 aliphatic heterocycles. The Bertz CT molecular complexity index is 1100. The lowest BCUT2D eigenvalue weighted by atomic mass is 9.93. The first kappa shape index (κ1) is 24.0. The quantitative estimate of drug-likeness (QED) is 0.403. The lowest BCUT2D eigenvalue weighted by Crippen LogP contribution is -2.42. The summed E-state index contributed by atoms with van der Waals surface area (Å²) in [5.41, 5.74) is 4.38. The average Bonchev–Trinajstić information content (AvgIpc) is 3.09. The Morgan fingerprint density at radius 3 is 2.35 bits per heavy atom. The standard InChI is InChI=1S/C27H33N3O4/c1-18-5-6-19(2)22(17-18)25(31)23-24(20-7-9-21(10-8-20)28(3)4)30(27(33)26(23)32)12-11-29-13-15-34-16-14-29/h5-10,17,24,31H,11-16H2,1-4H3. The Morgan fingerprint density at radius 2 is 1.71 bits per heavy atom. The average molecular weight is 464 g/mol. The van der Waals surface area contributed by atoms with E-state index in [2.05, 4.69) is 4.90 Å². The zero-order valence-electron chi connectivity index (χ0n) is 20.4. The molecule has 0 radical (unpaired) electrons. The second-order valence-electron chi connectivity index (χ2n) is 9.25. The molecule has 2 aliphatic rings. The Kier molecular flexibility index (Phi) is 7.05. The molecule has 1 amide bonds. The highest BCUT2D eigenvalue weighted by molar-refractivity contribution is 6.46. The maximum Gasteiger partial charge on any atom is 0.295 e. The van der Waals surface area contributed by atoms with Gasteiger partial charge in [0.15, 0.2) is 0 Å². The van der Waals surface area contributed by atoms with Gasteiger partial charge in [-0.25, -0.2) is 0 Å². The van der Waals surface area contributed by atoms with Crippen molar-refractivity contribution < 1.29 is 19.4 Å². The number of amides is 1. The molecule has 0 saturated carbocycles. The SMILES string of the molecule is Cc1ccc(C)c(C(O)=C2C(=O)C(=O)N(CCN3CCOCC3)C2c2ccc(N(C)C)cc2)c1. The Morgan fingerprint density at radius 1 is 1.03 bits per heavy atom. The fourth-order valence-electron chi connectivity index (χ4n) is 4.62. The second kappa shape index (κ2) is 9.99.